The summed E-state index contributed by atoms with van der Waals surface area (Å²) < 4.78 is 7.78. The molecule has 0 N–H and O–H groups in total. The molecule has 128 valence electrons. The summed E-state index contributed by atoms with van der Waals surface area (Å²) in [7, 11) is 2.17. The van der Waals surface area contributed by atoms with E-state index in [4.69, 9.17) is 9.84 Å². The fourth-order valence-electron chi connectivity index (χ4n) is 3.76. The maximum Gasteiger partial charge on any atom is 0.185 e. The zero-order valence-electron chi connectivity index (χ0n) is 14.1. The van der Waals surface area contributed by atoms with Gasteiger partial charge in [-0.25, -0.2) is 0 Å². The molecular weight excluding hydrogens is 316 g/mol. The van der Waals surface area contributed by atoms with Gasteiger partial charge < -0.3 is 9.64 Å². The zero-order chi connectivity index (χ0) is 16.8. The molecule has 1 aromatic carbocycles. The summed E-state index contributed by atoms with van der Waals surface area (Å²) >= 11 is 0. The predicted molar refractivity (Wildman–Crippen MR) is 94.6 cm³/mol. The van der Waals surface area contributed by atoms with Crippen LogP contribution in [0.3, 0.4) is 0 Å². The molecule has 2 atom stereocenters. The first-order valence-electron chi connectivity index (χ1n) is 8.64. The Morgan fingerprint density at radius 2 is 1.92 bits per heavy atom. The number of fused-ring (bicyclic) bond motifs is 2. The highest BCUT2D eigenvalue weighted by Crippen LogP contribution is 2.26. The zero-order valence-corrected chi connectivity index (χ0v) is 14.1. The first kappa shape index (κ1) is 14.8. The van der Waals surface area contributed by atoms with Crippen molar-refractivity contribution in [3.63, 3.8) is 0 Å². The number of nitrogens with zero attached hydrogens (tertiary/aromatic N) is 6. The molecule has 0 bridgehead atoms. The van der Waals surface area contributed by atoms with Gasteiger partial charge in [0, 0.05) is 25.2 Å². The number of ether oxygens (including phenoxy) is 1. The molecule has 0 saturated carbocycles. The first-order valence-corrected chi connectivity index (χ1v) is 8.64. The Bertz CT molecular complexity index is 895. The molecule has 7 heteroatoms. The van der Waals surface area contributed by atoms with E-state index in [0.29, 0.717) is 6.04 Å². The van der Waals surface area contributed by atoms with Crippen molar-refractivity contribution in [3.05, 3.63) is 42.5 Å². The monoisotopic (exact) mass is 336 g/mol. The van der Waals surface area contributed by atoms with Gasteiger partial charge in [-0.1, -0.05) is 30.3 Å². The Labute approximate surface area is 145 Å². The first-order chi connectivity index (χ1) is 12.3. The highest BCUT2D eigenvalue weighted by atomic mass is 16.5. The highest BCUT2D eigenvalue weighted by Gasteiger charge is 2.39. The number of aromatic nitrogens is 4. The predicted octanol–water partition coefficient (Wildman–Crippen LogP) is 1.31. The van der Waals surface area contributed by atoms with Gasteiger partial charge in [-0.3, -0.25) is 4.90 Å². The molecule has 2 aliphatic heterocycles. The molecule has 2 aromatic heterocycles. The number of rotatable bonds is 2. The number of morpholine rings is 1. The Hall–Kier alpha value is -2.51. The van der Waals surface area contributed by atoms with E-state index in [1.807, 2.05) is 47.0 Å². The maximum absolute atomic E-state index is 5.95. The fourth-order valence-corrected chi connectivity index (χ4v) is 3.76. The van der Waals surface area contributed by atoms with E-state index >= 15 is 0 Å². The summed E-state index contributed by atoms with van der Waals surface area (Å²) in [5, 5.41) is 13.4. The Morgan fingerprint density at radius 3 is 2.76 bits per heavy atom. The highest BCUT2D eigenvalue weighted by molar-refractivity contribution is 5.59. The smallest absolute Gasteiger partial charge is 0.185 e. The Balaban J connectivity index is 1.51. The third-order valence-electron chi connectivity index (χ3n) is 5.18. The van der Waals surface area contributed by atoms with Crippen LogP contribution in [0.15, 0.2) is 42.5 Å². The summed E-state index contributed by atoms with van der Waals surface area (Å²) in [5.41, 5.74) is 1.77. The van der Waals surface area contributed by atoms with Crippen LogP contribution in [0.5, 0.6) is 0 Å². The molecule has 0 spiro atoms. The van der Waals surface area contributed by atoms with Crippen LogP contribution < -0.4 is 4.90 Å². The van der Waals surface area contributed by atoms with Crippen LogP contribution >= 0.6 is 0 Å². The molecule has 25 heavy (non-hydrogen) atoms. The van der Waals surface area contributed by atoms with E-state index in [1.165, 1.54) is 0 Å². The van der Waals surface area contributed by atoms with Gasteiger partial charge in [0.15, 0.2) is 11.5 Å². The molecule has 0 unspecified atom stereocenters. The SMILES string of the molecule is CN1CCO[C@@H]2CN(c3ccc4nnc(-c5ccccc5)n4n3)C[C@@H]21. The molecular formula is C18H20N6O. The molecule has 3 aromatic rings. The standard InChI is InChI=1S/C18H20N6O/c1-22-9-10-25-15-12-23(11-14(15)22)17-8-7-16-19-20-18(24(16)21-17)13-5-3-2-4-6-13/h2-8,14-15H,9-12H2,1H3/t14-,15+/m0/s1. The van der Waals surface area contributed by atoms with Crippen molar-refractivity contribution in [1.29, 1.82) is 0 Å². The van der Waals surface area contributed by atoms with Crippen LogP contribution in [0.2, 0.25) is 0 Å². The second kappa shape index (κ2) is 5.79. The fraction of sp³-hybridized carbons (Fsp3) is 0.389. The minimum absolute atomic E-state index is 0.255. The topological polar surface area (TPSA) is 58.8 Å². The van der Waals surface area contributed by atoms with Crippen molar-refractivity contribution in [2.75, 3.05) is 38.2 Å². The van der Waals surface area contributed by atoms with Crippen LogP contribution in [-0.4, -0.2) is 70.1 Å². The number of anilines is 1. The molecule has 7 nitrogen and oxygen atoms in total. The van der Waals surface area contributed by atoms with Gasteiger partial charge in [0.05, 0.1) is 18.8 Å². The molecule has 4 heterocycles. The van der Waals surface area contributed by atoms with Crippen LogP contribution in [-0.2, 0) is 4.74 Å². The van der Waals surface area contributed by atoms with Gasteiger partial charge in [0.1, 0.15) is 5.82 Å². The van der Waals surface area contributed by atoms with Gasteiger partial charge in [0.25, 0.3) is 0 Å². The van der Waals surface area contributed by atoms with Gasteiger partial charge in [-0.2, -0.15) is 4.52 Å². The van der Waals surface area contributed by atoms with Crippen molar-refractivity contribution < 1.29 is 4.74 Å². The third kappa shape index (κ3) is 2.47. The average Bonchev–Trinajstić information content (AvgIpc) is 3.27. The van der Waals surface area contributed by atoms with Crippen molar-refractivity contribution >= 4 is 11.5 Å². The number of hydrogen-bond acceptors (Lipinski definition) is 6. The lowest BCUT2D eigenvalue weighted by Gasteiger charge is -2.33. The van der Waals surface area contributed by atoms with E-state index < -0.39 is 0 Å². The lowest BCUT2D eigenvalue weighted by Crippen LogP contribution is -2.48. The maximum atomic E-state index is 5.95. The summed E-state index contributed by atoms with van der Waals surface area (Å²) in [6.07, 6.45) is 0.255. The molecule has 2 aliphatic rings. The quantitative estimate of drug-likeness (QED) is 0.703. The summed E-state index contributed by atoms with van der Waals surface area (Å²) in [6.45, 7) is 3.60. The van der Waals surface area contributed by atoms with Crippen LogP contribution in [0.1, 0.15) is 0 Å². The number of hydrogen-bond donors (Lipinski definition) is 0. The van der Waals surface area contributed by atoms with Crippen LogP contribution in [0, 0.1) is 0 Å². The van der Waals surface area contributed by atoms with Gasteiger partial charge in [-0.15, -0.1) is 15.3 Å². The third-order valence-corrected chi connectivity index (χ3v) is 5.18. The van der Waals surface area contributed by atoms with E-state index in [2.05, 4.69) is 27.0 Å². The normalized spacial score (nSPS) is 24.0. The van der Waals surface area contributed by atoms with E-state index in [1.54, 1.807) is 0 Å². The van der Waals surface area contributed by atoms with Crippen molar-refractivity contribution in [1.82, 2.24) is 24.7 Å². The van der Waals surface area contributed by atoms with Gasteiger partial charge in [0.2, 0.25) is 0 Å². The summed E-state index contributed by atoms with van der Waals surface area (Å²) in [4.78, 5) is 4.69. The largest absolute Gasteiger partial charge is 0.373 e. The Kier molecular flexibility index (Phi) is 3.43. The molecule has 0 aliphatic carbocycles. The van der Waals surface area contributed by atoms with Crippen molar-refractivity contribution in [2.24, 2.45) is 0 Å². The minimum atomic E-state index is 0.255. The van der Waals surface area contributed by atoms with Crippen LogP contribution in [0.4, 0.5) is 5.82 Å². The lowest BCUT2D eigenvalue weighted by molar-refractivity contribution is -0.0362. The molecule has 2 fully saturated rings. The van der Waals surface area contributed by atoms with Gasteiger partial charge in [-0.05, 0) is 19.2 Å². The lowest BCUT2D eigenvalue weighted by atomic mass is 10.1. The second-order valence-corrected chi connectivity index (χ2v) is 6.71. The van der Waals surface area contributed by atoms with E-state index in [-0.39, 0.29) is 6.10 Å². The second-order valence-electron chi connectivity index (χ2n) is 6.71. The van der Waals surface area contributed by atoms with Gasteiger partial charge >= 0.3 is 0 Å². The minimum Gasteiger partial charge on any atom is -0.373 e. The molecule has 2 saturated heterocycles. The van der Waals surface area contributed by atoms with E-state index in [9.17, 15) is 0 Å². The molecule has 5 rings (SSSR count). The van der Waals surface area contributed by atoms with Crippen molar-refractivity contribution in [3.8, 4) is 11.4 Å². The van der Waals surface area contributed by atoms with E-state index in [0.717, 1.165) is 49.1 Å². The Morgan fingerprint density at radius 1 is 1.04 bits per heavy atom. The molecule has 0 amide bonds. The summed E-state index contributed by atoms with van der Waals surface area (Å²) in [5.74, 6) is 1.71. The average molecular weight is 336 g/mol. The number of benzene rings is 1. The molecule has 0 radical (unpaired) electrons. The van der Waals surface area contributed by atoms with Crippen LogP contribution in [0.25, 0.3) is 17.0 Å². The van der Waals surface area contributed by atoms with Crippen molar-refractivity contribution in [2.45, 2.75) is 12.1 Å². The summed E-state index contributed by atoms with van der Waals surface area (Å²) in [6, 6.07) is 14.5. The number of likely N-dealkylation sites (N-methyl/N-ethyl adjacent to an activating group) is 1.